The number of nitrogens with one attached hydrogen (secondary N) is 1. The highest BCUT2D eigenvalue weighted by Gasteiger charge is 2.26. The van der Waals surface area contributed by atoms with Crippen LogP contribution < -0.4 is 14.8 Å². The summed E-state index contributed by atoms with van der Waals surface area (Å²) in [6.45, 7) is 0.998. The van der Waals surface area contributed by atoms with Gasteiger partial charge in [-0.2, -0.15) is 0 Å². The Morgan fingerprint density at radius 2 is 1.73 bits per heavy atom. The van der Waals surface area contributed by atoms with Crippen LogP contribution in [0.5, 0.6) is 11.5 Å². The number of nitro benzene ring substituents is 1. The monoisotopic (exact) mass is 413 g/mol. The van der Waals surface area contributed by atoms with Crippen LogP contribution in [0.4, 0.5) is 5.69 Å². The van der Waals surface area contributed by atoms with Crippen molar-refractivity contribution in [3.63, 3.8) is 0 Å². The molecule has 2 amide bonds. The van der Waals surface area contributed by atoms with Gasteiger partial charge in [0.1, 0.15) is 11.5 Å². The first-order valence-electron chi connectivity index (χ1n) is 9.49. The van der Waals surface area contributed by atoms with Crippen LogP contribution in [0.1, 0.15) is 33.6 Å². The number of hydrogen-bond acceptors (Lipinski definition) is 6. The topological polar surface area (TPSA) is 111 Å². The zero-order chi connectivity index (χ0) is 21.7. The summed E-state index contributed by atoms with van der Waals surface area (Å²) < 4.78 is 10.5. The molecule has 1 aliphatic rings. The second kappa shape index (κ2) is 9.25. The number of ether oxygens (including phenoxy) is 2. The number of benzene rings is 2. The lowest BCUT2D eigenvalue weighted by molar-refractivity contribution is -0.384. The molecular formula is C21H23N3O6. The summed E-state index contributed by atoms with van der Waals surface area (Å²) in [5.41, 5.74) is 0.765. The van der Waals surface area contributed by atoms with Crippen LogP contribution in [0, 0.1) is 10.1 Å². The average Bonchev–Trinajstić information content (AvgIpc) is 2.78. The Labute approximate surface area is 173 Å². The highest BCUT2D eigenvalue weighted by molar-refractivity contribution is 5.97. The first-order chi connectivity index (χ1) is 14.4. The fraction of sp³-hybridized carbons (Fsp3) is 0.333. The predicted octanol–water partition coefficient (Wildman–Crippen LogP) is 2.65. The van der Waals surface area contributed by atoms with Crippen molar-refractivity contribution >= 4 is 17.5 Å². The van der Waals surface area contributed by atoms with E-state index in [9.17, 15) is 19.7 Å². The molecule has 1 fully saturated rings. The van der Waals surface area contributed by atoms with Crippen molar-refractivity contribution in [2.45, 2.75) is 18.9 Å². The number of methoxy groups -OCH3 is 2. The number of non-ortho nitro benzene ring substituents is 1. The molecule has 0 radical (unpaired) electrons. The van der Waals surface area contributed by atoms with Gasteiger partial charge in [-0.15, -0.1) is 0 Å². The first kappa shape index (κ1) is 21.1. The molecule has 3 rings (SSSR count). The minimum atomic E-state index is -0.508. The maximum absolute atomic E-state index is 12.9. The first-order valence-corrected chi connectivity index (χ1v) is 9.49. The Morgan fingerprint density at radius 1 is 1.07 bits per heavy atom. The molecule has 0 saturated carbocycles. The minimum Gasteiger partial charge on any atom is -0.497 e. The fourth-order valence-corrected chi connectivity index (χ4v) is 3.38. The number of likely N-dealkylation sites (tertiary alicyclic amines) is 1. The average molecular weight is 413 g/mol. The third kappa shape index (κ3) is 4.68. The number of nitro groups is 1. The van der Waals surface area contributed by atoms with E-state index >= 15 is 0 Å². The lowest BCUT2D eigenvalue weighted by Crippen LogP contribution is -2.46. The lowest BCUT2D eigenvalue weighted by Gasteiger charge is -2.32. The molecule has 0 aromatic heterocycles. The maximum Gasteiger partial charge on any atom is 0.269 e. The van der Waals surface area contributed by atoms with E-state index < -0.39 is 4.92 Å². The van der Waals surface area contributed by atoms with Crippen molar-refractivity contribution in [2.75, 3.05) is 27.3 Å². The number of carbonyl (C=O) groups is 2. The van der Waals surface area contributed by atoms with Gasteiger partial charge < -0.3 is 19.7 Å². The molecule has 1 heterocycles. The Bertz CT molecular complexity index is 936. The molecule has 158 valence electrons. The molecule has 0 unspecified atom stereocenters. The van der Waals surface area contributed by atoms with Crippen molar-refractivity contribution < 1.29 is 24.0 Å². The maximum atomic E-state index is 12.9. The molecule has 2 aromatic carbocycles. The molecule has 1 N–H and O–H groups in total. The van der Waals surface area contributed by atoms with Crippen LogP contribution in [0.2, 0.25) is 0 Å². The lowest BCUT2D eigenvalue weighted by atomic mass is 10.0. The molecule has 0 spiro atoms. The number of rotatable bonds is 6. The van der Waals surface area contributed by atoms with E-state index in [1.165, 1.54) is 31.4 Å². The van der Waals surface area contributed by atoms with E-state index in [2.05, 4.69) is 5.32 Å². The van der Waals surface area contributed by atoms with Gasteiger partial charge in [0.25, 0.3) is 17.5 Å². The van der Waals surface area contributed by atoms with Crippen molar-refractivity contribution in [3.05, 3.63) is 63.7 Å². The Kier molecular flexibility index (Phi) is 6.51. The van der Waals surface area contributed by atoms with Gasteiger partial charge in [-0.25, -0.2) is 0 Å². The van der Waals surface area contributed by atoms with Gasteiger partial charge in [0.05, 0.1) is 24.7 Å². The predicted molar refractivity (Wildman–Crippen MR) is 109 cm³/mol. The summed E-state index contributed by atoms with van der Waals surface area (Å²) in [5, 5.41) is 13.7. The van der Waals surface area contributed by atoms with Crippen molar-refractivity contribution in [2.24, 2.45) is 0 Å². The molecule has 1 saturated heterocycles. The summed E-state index contributed by atoms with van der Waals surface area (Å²) in [5.74, 6) is 0.644. The molecule has 0 aliphatic carbocycles. The standard InChI is InChI=1S/C21H23N3O6/c1-29-17-7-8-18(19(13-17)30-2)21(26)23-11-9-15(10-12-23)22-20(25)14-3-5-16(6-4-14)24(27)28/h3-8,13,15H,9-12H2,1-2H3,(H,22,25). The molecular weight excluding hydrogens is 390 g/mol. The minimum absolute atomic E-state index is 0.0627. The second-order valence-corrected chi connectivity index (χ2v) is 6.91. The SMILES string of the molecule is COc1ccc(C(=O)N2CCC(NC(=O)c3ccc([N+](=O)[O-])cc3)CC2)c(OC)c1. The van der Waals surface area contributed by atoms with Gasteiger partial charge in [0, 0.05) is 42.9 Å². The normalized spacial score (nSPS) is 14.1. The molecule has 0 bridgehead atoms. The number of nitrogens with zero attached hydrogens (tertiary/aromatic N) is 2. The van der Waals surface area contributed by atoms with Crippen LogP contribution in [0.25, 0.3) is 0 Å². The summed E-state index contributed by atoms with van der Waals surface area (Å²) >= 11 is 0. The Balaban J connectivity index is 1.57. The van der Waals surface area contributed by atoms with E-state index in [4.69, 9.17) is 9.47 Å². The molecule has 1 aliphatic heterocycles. The van der Waals surface area contributed by atoms with Crippen molar-refractivity contribution in [1.82, 2.24) is 10.2 Å². The summed E-state index contributed by atoms with van der Waals surface area (Å²) in [6, 6.07) is 10.5. The van der Waals surface area contributed by atoms with Crippen LogP contribution >= 0.6 is 0 Å². The van der Waals surface area contributed by atoms with Gasteiger partial charge in [0.2, 0.25) is 0 Å². The summed E-state index contributed by atoms with van der Waals surface area (Å²) in [6.07, 6.45) is 1.23. The zero-order valence-electron chi connectivity index (χ0n) is 16.8. The van der Waals surface area contributed by atoms with E-state index in [0.29, 0.717) is 48.6 Å². The molecule has 2 aromatic rings. The third-order valence-electron chi connectivity index (χ3n) is 5.10. The second-order valence-electron chi connectivity index (χ2n) is 6.91. The Morgan fingerprint density at radius 3 is 2.30 bits per heavy atom. The summed E-state index contributed by atoms with van der Waals surface area (Å²) in [7, 11) is 3.05. The largest absolute Gasteiger partial charge is 0.497 e. The van der Waals surface area contributed by atoms with Crippen molar-refractivity contribution in [3.8, 4) is 11.5 Å². The van der Waals surface area contributed by atoms with E-state index in [1.807, 2.05) is 0 Å². The van der Waals surface area contributed by atoms with Gasteiger partial charge >= 0.3 is 0 Å². The smallest absolute Gasteiger partial charge is 0.269 e. The van der Waals surface area contributed by atoms with Gasteiger partial charge in [-0.3, -0.25) is 19.7 Å². The molecule has 30 heavy (non-hydrogen) atoms. The van der Waals surface area contributed by atoms with Crippen molar-refractivity contribution in [1.29, 1.82) is 0 Å². The fourth-order valence-electron chi connectivity index (χ4n) is 3.38. The van der Waals surface area contributed by atoms with Crippen LogP contribution in [-0.4, -0.2) is 55.0 Å². The molecule has 9 nitrogen and oxygen atoms in total. The quantitative estimate of drug-likeness (QED) is 0.576. The van der Waals surface area contributed by atoms with Crippen LogP contribution in [0.3, 0.4) is 0 Å². The van der Waals surface area contributed by atoms with Gasteiger partial charge in [-0.05, 0) is 37.1 Å². The third-order valence-corrected chi connectivity index (χ3v) is 5.10. The number of amides is 2. The van der Waals surface area contributed by atoms with E-state index in [1.54, 1.807) is 30.2 Å². The van der Waals surface area contributed by atoms with Gasteiger partial charge in [0.15, 0.2) is 0 Å². The molecule has 0 atom stereocenters. The molecule has 9 heteroatoms. The van der Waals surface area contributed by atoms with E-state index in [-0.39, 0.29) is 23.5 Å². The highest BCUT2D eigenvalue weighted by atomic mass is 16.6. The van der Waals surface area contributed by atoms with Gasteiger partial charge in [-0.1, -0.05) is 0 Å². The van der Waals surface area contributed by atoms with E-state index in [0.717, 1.165) is 0 Å². The summed E-state index contributed by atoms with van der Waals surface area (Å²) in [4.78, 5) is 37.2. The van der Waals surface area contributed by atoms with Crippen LogP contribution in [0.15, 0.2) is 42.5 Å². The zero-order valence-corrected chi connectivity index (χ0v) is 16.8. The van der Waals surface area contributed by atoms with Crippen LogP contribution in [-0.2, 0) is 0 Å². The highest BCUT2D eigenvalue weighted by Crippen LogP contribution is 2.27. The number of piperidine rings is 1. The number of hydrogen-bond donors (Lipinski definition) is 1. The number of carbonyl (C=O) groups excluding carboxylic acids is 2. The Hall–Kier alpha value is -3.62.